The number of carbonyl (C=O) groups is 3. The molecule has 0 saturated carbocycles. The fourth-order valence-corrected chi connectivity index (χ4v) is 4.28. The van der Waals surface area contributed by atoms with Gasteiger partial charge >= 0.3 is 5.97 Å². The van der Waals surface area contributed by atoms with Gasteiger partial charge in [0.05, 0.1) is 41.9 Å². The highest BCUT2D eigenvalue weighted by molar-refractivity contribution is 6.23. The molecule has 7 nitrogen and oxygen atoms in total. The Labute approximate surface area is 150 Å². The highest BCUT2D eigenvalue weighted by atomic mass is 16.5. The zero-order valence-corrected chi connectivity index (χ0v) is 14.5. The van der Waals surface area contributed by atoms with E-state index in [0.717, 1.165) is 4.90 Å². The van der Waals surface area contributed by atoms with E-state index >= 15 is 0 Å². The lowest BCUT2D eigenvalue weighted by atomic mass is 9.73. The van der Waals surface area contributed by atoms with Crippen molar-refractivity contribution in [3.8, 4) is 0 Å². The molecule has 4 rings (SSSR count). The predicted molar refractivity (Wildman–Crippen MR) is 90.3 cm³/mol. The van der Waals surface area contributed by atoms with Gasteiger partial charge in [0, 0.05) is 0 Å². The van der Waals surface area contributed by atoms with E-state index in [9.17, 15) is 19.5 Å². The van der Waals surface area contributed by atoms with Gasteiger partial charge in [0.15, 0.2) is 0 Å². The molecule has 2 amide bonds. The third kappa shape index (κ3) is 2.04. The van der Waals surface area contributed by atoms with Crippen LogP contribution in [-0.4, -0.2) is 47.3 Å². The molecule has 1 aromatic carbocycles. The number of aliphatic hydroxyl groups is 1. The lowest BCUT2D eigenvalue weighted by Gasteiger charge is -2.27. The van der Waals surface area contributed by atoms with Crippen LogP contribution in [0.5, 0.6) is 0 Å². The lowest BCUT2D eigenvalue weighted by Crippen LogP contribution is -2.43. The molecular formula is C19H19NO6. The average molecular weight is 357 g/mol. The van der Waals surface area contributed by atoms with E-state index in [4.69, 9.17) is 9.47 Å². The molecule has 136 valence electrons. The summed E-state index contributed by atoms with van der Waals surface area (Å²) in [6.45, 7) is 3.30. The first-order valence-corrected chi connectivity index (χ1v) is 8.53. The minimum absolute atomic E-state index is 0.231. The molecule has 2 fully saturated rings. The normalized spacial score (nSPS) is 34.5. The third-order valence-electron chi connectivity index (χ3n) is 5.42. The van der Waals surface area contributed by atoms with Gasteiger partial charge in [-0.3, -0.25) is 9.59 Å². The van der Waals surface area contributed by atoms with Crippen LogP contribution in [0.2, 0.25) is 0 Å². The standard InChI is InChI=1S/C19H19NO6/c1-3-25-17(24)11-5-4-6-12(9-11)20-15(22)13-14(16(20)23)19(10-21)8-7-18(13,2)26-19/h4-9,13-14,21H,3,10H2,1-2H3/t13-,14-,18-,19+/m1/s1. The topological polar surface area (TPSA) is 93.1 Å². The number of anilines is 1. The van der Waals surface area contributed by atoms with E-state index in [1.807, 2.05) is 0 Å². The van der Waals surface area contributed by atoms with Crippen molar-refractivity contribution in [2.75, 3.05) is 18.1 Å². The summed E-state index contributed by atoms with van der Waals surface area (Å²) in [6, 6.07) is 6.24. The second-order valence-electron chi connectivity index (χ2n) is 6.97. The van der Waals surface area contributed by atoms with Crippen LogP contribution >= 0.6 is 0 Å². The van der Waals surface area contributed by atoms with Crippen molar-refractivity contribution in [3.05, 3.63) is 42.0 Å². The van der Waals surface area contributed by atoms with Gasteiger partial charge in [0.1, 0.15) is 5.60 Å². The van der Waals surface area contributed by atoms with Gasteiger partial charge in [0.2, 0.25) is 11.8 Å². The van der Waals surface area contributed by atoms with Gasteiger partial charge in [-0.05, 0) is 32.0 Å². The smallest absolute Gasteiger partial charge is 0.338 e. The Morgan fingerprint density at radius 1 is 1.27 bits per heavy atom. The lowest BCUT2D eigenvalue weighted by molar-refractivity contribution is -0.131. The fraction of sp³-hybridized carbons (Fsp3) is 0.421. The number of hydrogen-bond acceptors (Lipinski definition) is 6. The van der Waals surface area contributed by atoms with Crippen molar-refractivity contribution >= 4 is 23.5 Å². The zero-order chi connectivity index (χ0) is 18.7. The number of imide groups is 1. The second-order valence-corrected chi connectivity index (χ2v) is 6.97. The van der Waals surface area contributed by atoms with Crippen LogP contribution in [0.1, 0.15) is 24.2 Å². The van der Waals surface area contributed by atoms with E-state index in [0.29, 0.717) is 5.69 Å². The largest absolute Gasteiger partial charge is 0.462 e. The Bertz CT molecular complexity index is 848. The van der Waals surface area contributed by atoms with E-state index in [1.54, 1.807) is 44.2 Å². The van der Waals surface area contributed by atoms with Gasteiger partial charge in [-0.15, -0.1) is 0 Å². The van der Waals surface area contributed by atoms with Crippen LogP contribution in [0.3, 0.4) is 0 Å². The Morgan fingerprint density at radius 3 is 2.69 bits per heavy atom. The van der Waals surface area contributed by atoms with Crippen LogP contribution in [0.15, 0.2) is 36.4 Å². The van der Waals surface area contributed by atoms with Crippen molar-refractivity contribution in [1.29, 1.82) is 0 Å². The number of ether oxygens (including phenoxy) is 2. The maximum Gasteiger partial charge on any atom is 0.338 e. The molecule has 26 heavy (non-hydrogen) atoms. The maximum atomic E-state index is 13.1. The molecule has 3 aliphatic heterocycles. The molecule has 3 aliphatic rings. The average Bonchev–Trinajstić information content (AvgIpc) is 3.21. The van der Waals surface area contributed by atoms with E-state index in [-0.39, 0.29) is 24.7 Å². The Morgan fingerprint density at radius 2 is 2.00 bits per heavy atom. The minimum atomic E-state index is -1.17. The summed E-state index contributed by atoms with van der Waals surface area (Å²) >= 11 is 0. The molecular weight excluding hydrogens is 338 g/mol. The number of aliphatic hydroxyl groups excluding tert-OH is 1. The summed E-state index contributed by atoms with van der Waals surface area (Å²) in [5, 5.41) is 9.82. The molecule has 7 heteroatoms. The summed E-state index contributed by atoms with van der Waals surface area (Å²) in [6.07, 6.45) is 3.42. The van der Waals surface area contributed by atoms with Crippen molar-refractivity contribution in [2.24, 2.45) is 11.8 Å². The molecule has 1 N–H and O–H groups in total. The number of nitrogens with zero attached hydrogens (tertiary/aromatic N) is 1. The summed E-state index contributed by atoms with van der Waals surface area (Å²) in [5.74, 6) is -2.80. The molecule has 0 aromatic heterocycles. The van der Waals surface area contributed by atoms with Crippen LogP contribution in [-0.2, 0) is 19.1 Å². The van der Waals surface area contributed by atoms with Crippen molar-refractivity contribution in [1.82, 2.24) is 0 Å². The highest BCUT2D eigenvalue weighted by Gasteiger charge is 2.72. The number of carbonyl (C=O) groups excluding carboxylic acids is 3. The molecule has 1 aromatic rings. The Hall–Kier alpha value is -2.51. The second kappa shape index (κ2) is 5.49. The number of esters is 1. The van der Waals surface area contributed by atoms with Crippen molar-refractivity contribution in [3.63, 3.8) is 0 Å². The van der Waals surface area contributed by atoms with Gasteiger partial charge in [-0.25, -0.2) is 9.69 Å². The Kier molecular flexibility index (Phi) is 3.58. The minimum Gasteiger partial charge on any atom is -0.462 e. The highest BCUT2D eigenvalue weighted by Crippen LogP contribution is 2.57. The van der Waals surface area contributed by atoms with Gasteiger partial charge in [0.25, 0.3) is 0 Å². The van der Waals surface area contributed by atoms with Crippen molar-refractivity contribution < 1.29 is 29.0 Å². The molecule has 0 aliphatic carbocycles. The summed E-state index contributed by atoms with van der Waals surface area (Å²) in [5.41, 5.74) is -1.51. The van der Waals surface area contributed by atoms with E-state index in [1.165, 1.54) is 6.07 Å². The molecule has 4 atom stereocenters. The summed E-state index contributed by atoms with van der Waals surface area (Å²) in [4.78, 5) is 39.2. The molecule has 0 unspecified atom stereocenters. The Balaban J connectivity index is 1.73. The van der Waals surface area contributed by atoms with Crippen LogP contribution < -0.4 is 4.90 Å². The van der Waals surface area contributed by atoms with Crippen LogP contribution in [0.25, 0.3) is 0 Å². The monoisotopic (exact) mass is 357 g/mol. The zero-order valence-electron chi connectivity index (χ0n) is 14.5. The van der Waals surface area contributed by atoms with E-state index in [2.05, 4.69) is 0 Å². The molecule has 3 heterocycles. The first kappa shape index (κ1) is 16.9. The molecule has 2 saturated heterocycles. The summed E-state index contributed by atoms with van der Waals surface area (Å²) < 4.78 is 10.9. The summed E-state index contributed by atoms with van der Waals surface area (Å²) in [7, 11) is 0. The van der Waals surface area contributed by atoms with Gasteiger partial charge < -0.3 is 14.6 Å². The van der Waals surface area contributed by atoms with Gasteiger partial charge in [-0.1, -0.05) is 18.2 Å². The first-order chi connectivity index (χ1) is 12.4. The number of hydrogen-bond donors (Lipinski definition) is 1. The number of benzene rings is 1. The molecule has 2 bridgehead atoms. The van der Waals surface area contributed by atoms with Crippen LogP contribution in [0, 0.1) is 11.8 Å². The fourth-order valence-electron chi connectivity index (χ4n) is 4.28. The molecule has 0 spiro atoms. The maximum absolute atomic E-state index is 13.1. The number of amides is 2. The predicted octanol–water partition coefficient (Wildman–Crippen LogP) is 1.06. The number of fused-ring (bicyclic) bond motifs is 5. The molecule has 0 radical (unpaired) electrons. The van der Waals surface area contributed by atoms with E-state index < -0.39 is 34.9 Å². The SMILES string of the molecule is CCOC(=O)c1cccc(N2C(=O)[C@H]3[C@H](C2=O)[C@@]2(CO)C=C[C@@]3(C)O2)c1. The van der Waals surface area contributed by atoms with Crippen LogP contribution in [0.4, 0.5) is 5.69 Å². The van der Waals surface area contributed by atoms with Crippen molar-refractivity contribution in [2.45, 2.75) is 25.0 Å². The third-order valence-corrected chi connectivity index (χ3v) is 5.42. The number of rotatable bonds is 4. The van der Waals surface area contributed by atoms with Gasteiger partial charge in [-0.2, -0.15) is 0 Å². The quantitative estimate of drug-likeness (QED) is 0.492. The first-order valence-electron chi connectivity index (χ1n) is 8.53.